The van der Waals surface area contributed by atoms with Crippen molar-refractivity contribution in [3.8, 4) is 0 Å². The molecule has 0 saturated carbocycles. The Hall–Kier alpha value is -0.940. The molecule has 1 rings (SSSR count). The standard InChI is InChI=1S/C14H26N2O3/c1-11(14(18)15-7-4-10-19-3)16-8-5-13(6-9-16)12(2)17/h11,13H,4-10H2,1-3H3,(H,15,18). The van der Waals surface area contributed by atoms with Gasteiger partial charge in [-0.25, -0.2) is 0 Å². The van der Waals surface area contributed by atoms with Crippen LogP contribution in [0.15, 0.2) is 0 Å². The maximum atomic E-state index is 12.0. The van der Waals surface area contributed by atoms with E-state index >= 15 is 0 Å². The van der Waals surface area contributed by atoms with Crippen LogP contribution in [0.5, 0.6) is 0 Å². The number of likely N-dealkylation sites (tertiary alicyclic amines) is 1. The first kappa shape index (κ1) is 16.1. The highest BCUT2D eigenvalue weighted by Gasteiger charge is 2.27. The molecule has 1 N–H and O–H groups in total. The summed E-state index contributed by atoms with van der Waals surface area (Å²) in [5.41, 5.74) is 0. The van der Waals surface area contributed by atoms with Crippen molar-refractivity contribution in [2.45, 2.75) is 39.2 Å². The summed E-state index contributed by atoms with van der Waals surface area (Å²) in [7, 11) is 1.66. The Morgan fingerprint density at radius 3 is 2.53 bits per heavy atom. The smallest absolute Gasteiger partial charge is 0.237 e. The number of Topliss-reactive ketones (excluding diaryl/α,β-unsaturated/α-hetero) is 1. The fraction of sp³-hybridized carbons (Fsp3) is 0.857. The van der Waals surface area contributed by atoms with Gasteiger partial charge >= 0.3 is 0 Å². The molecule has 1 aliphatic rings. The van der Waals surface area contributed by atoms with Crippen LogP contribution in [-0.2, 0) is 14.3 Å². The topological polar surface area (TPSA) is 58.6 Å². The molecule has 0 aromatic heterocycles. The van der Waals surface area contributed by atoms with Crippen molar-refractivity contribution in [1.29, 1.82) is 0 Å². The average Bonchev–Trinajstić information content (AvgIpc) is 2.42. The second kappa shape index (κ2) is 8.27. The molecule has 0 bridgehead atoms. The maximum Gasteiger partial charge on any atom is 0.237 e. The first-order valence-electron chi connectivity index (χ1n) is 7.07. The molecule has 1 aliphatic heterocycles. The van der Waals surface area contributed by atoms with Crippen molar-refractivity contribution in [3.05, 3.63) is 0 Å². The van der Waals surface area contributed by atoms with Crippen molar-refractivity contribution in [3.63, 3.8) is 0 Å². The summed E-state index contributed by atoms with van der Waals surface area (Å²) < 4.78 is 4.94. The third-order valence-electron chi connectivity index (χ3n) is 3.86. The number of nitrogens with one attached hydrogen (secondary N) is 1. The first-order valence-corrected chi connectivity index (χ1v) is 7.07. The quantitative estimate of drug-likeness (QED) is 0.696. The lowest BCUT2D eigenvalue weighted by molar-refractivity contribution is -0.127. The highest BCUT2D eigenvalue weighted by Crippen LogP contribution is 2.19. The van der Waals surface area contributed by atoms with Crippen molar-refractivity contribution < 1.29 is 14.3 Å². The zero-order chi connectivity index (χ0) is 14.3. The number of hydrogen-bond acceptors (Lipinski definition) is 4. The van der Waals surface area contributed by atoms with Gasteiger partial charge in [-0.3, -0.25) is 14.5 Å². The molecule has 1 saturated heterocycles. The Labute approximate surface area is 115 Å². The summed E-state index contributed by atoms with van der Waals surface area (Å²) in [6.45, 7) is 6.57. The Balaban J connectivity index is 2.27. The molecule has 5 heteroatoms. The molecule has 5 nitrogen and oxygen atoms in total. The SMILES string of the molecule is COCCCNC(=O)C(C)N1CCC(C(C)=O)CC1. The second-order valence-corrected chi connectivity index (χ2v) is 5.23. The zero-order valence-corrected chi connectivity index (χ0v) is 12.3. The van der Waals surface area contributed by atoms with E-state index in [2.05, 4.69) is 10.2 Å². The van der Waals surface area contributed by atoms with Crippen LogP contribution in [0.25, 0.3) is 0 Å². The molecule has 0 spiro atoms. The number of amides is 1. The van der Waals surface area contributed by atoms with Crippen LogP contribution in [0.3, 0.4) is 0 Å². The molecular weight excluding hydrogens is 244 g/mol. The van der Waals surface area contributed by atoms with Gasteiger partial charge in [-0.05, 0) is 46.2 Å². The molecule has 1 amide bonds. The van der Waals surface area contributed by atoms with E-state index in [0.717, 1.165) is 32.4 Å². The van der Waals surface area contributed by atoms with E-state index in [4.69, 9.17) is 4.74 Å². The highest BCUT2D eigenvalue weighted by atomic mass is 16.5. The number of carbonyl (C=O) groups is 2. The molecule has 0 aromatic carbocycles. The lowest BCUT2D eigenvalue weighted by atomic mass is 9.92. The Morgan fingerprint density at radius 1 is 1.37 bits per heavy atom. The molecular formula is C14H26N2O3. The Bertz CT molecular complexity index is 299. The molecule has 1 fully saturated rings. The predicted molar refractivity (Wildman–Crippen MR) is 73.9 cm³/mol. The lowest BCUT2D eigenvalue weighted by Gasteiger charge is -2.34. The van der Waals surface area contributed by atoms with Crippen LogP contribution >= 0.6 is 0 Å². The number of hydrogen-bond donors (Lipinski definition) is 1. The Morgan fingerprint density at radius 2 is 2.00 bits per heavy atom. The second-order valence-electron chi connectivity index (χ2n) is 5.23. The summed E-state index contributed by atoms with van der Waals surface area (Å²) in [6, 6.07) is -0.115. The normalized spacial score (nSPS) is 19.1. The van der Waals surface area contributed by atoms with Crippen molar-refractivity contribution in [2.75, 3.05) is 33.4 Å². The van der Waals surface area contributed by atoms with Gasteiger partial charge in [-0.1, -0.05) is 0 Å². The van der Waals surface area contributed by atoms with E-state index in [1.54, 1.807) is 14.0 Å². The lowest BCUT2D eigenvalue weighted by Crippen LogP contribution is -2.49. The minimum Gasteiger partial charge on any atom is -0.385 e. The first-order chi connectivity index (χ1) is 9.06. The van der Waals surface area contributed by atoms with E-state index in [1.807, 2.05) is 6.92 Å². The number of piperidine rings is 1. The van der Waals surface area contributed by atoms with Gasteiger partial charge in [0.25, 0.3) is 0 Å². The van der Waals surface area contributed by atoms with Gasteiger partial charge in [0.2, 0.25) is 5.91 Å². The fourth-order valence-corrected chi connectivity index (χ4v) is 2.43. The highest BCUT2D eigenvalue weighted by molar-refractivity contribution is 5.81. The van der Waals surface area contributed by atoms with Crippen LogP contribution in [-0.4, -0.2) is 56.0 Å². The minimum atomic E-state index is -0.115. The third-order valence-corrected chi connectivity index (χ3v) is 3.86. The van der Waals surface area contributed by atoms with Crippen LogP contribution in [0.1, 0.15) is 33.1 Å². The van der Waals surface area contributed by atoms with Crippen LogP contribution in [0.2, 0.25) is 0 Å². The summed E-state index contributed by atoms with van der Waals surface area (Å²) in [5.74, 6) is 0.530. The summed E-state index contributed by atoms with van der Waals surface area (Å²) in [5, 5.41) is 2.92. The maximum absolute atomic E-state index is 12.0. The van der Waals surface area contributed by atoms with Gasteiger partial charge in [-0.15, -0.1) is 0 Å². The van der Waals surface area contributed by atoms with Gasteiger partial charge in [0.1, 0.15) is 5.78 Å². The van der Waals surface area contributed by atoms with Crippen molar-refractivity contribution in [2.24, 2.45) is 5.92 Å². The molecule has 1 unspecified atom stereocenters. The molecule has 110 valence electrons. The number of carbonyl (C=O) groups excluding carboxylic acids is 2. The van der Waals surface area contributed by atoms with E-state index in [9.17, 15) is 9.59 Å². The summed E-state index contributed by atoms with van der Waals surface area (Å²) in [4.78, 5) is 25.4. The van der Waals surface area contributed by atoms with Crippen LogP contribution in [0.4, 0.5) is 0 Å². The monoisotopic (exact) mass is 270 g/mol. The number of ketones is 1. The molecule has 0 aromatic rings. The predicted octanol–water partition coefficient (Wildman–Crippen LogP) is 0.829. The number of ether oxygens (including phenoxy) is 1. The van der Waals surface area contributed by atoms with Crippen LogP contribution in [0, 0.1) is 5.92 Å². The Kier molecular flexibility index (Phi) is 7.02. The van der Waals surface area contributed by atoms with Gasteiger partial charge in [0.05, 0.1) is 6.04 Å². The average molecular weight is 270 g/mol. The molecule has 0 radical (unpaired) electrons. The van der Waals surface area contributed by atoms with Gasteiger partial charge in [0, 0.05) is 26.2 Å². The van der Waals surface area contributed by atoms with Gasteiger partial charge in [-0.2, -0.15) is 0 Å². The van der Waals surface area contributed by atoms with E-state index < -0.39 is 0 Å². The molecule has 19 heavy (non-hydrogen) atoms. The number of nitrogens with zero attached hydrogens (tertiary/aromatic N) is 1. The molecule has 1 heterocycles. The molecule has 1 atom stereocenters. The van der Waals surface area contributed by atoms with E-state index in [1.165, 1.54) is 0 Å². The van der Waals surface area contributed by atoms with Gasteiger partial charge < -0.3 is 10.1 Å². The van der Waals surface area contributed by atoms with Gasteiger partial charge in [0.15, 0.2) is 0 Å². The summed E-state index contributed by atoms with van der Waals surface area (Å²) in [6.07, 6.45) is 2.58. The third kappa shape index (κ3) is 5.28. The minimum absolute atomic E-state index is 0.0670. The molecule has 0 aliphatic carbocycles. The number of methoxy groups -OCH3 is 1. The fourth-order valence-electron chi connectivity index (χ4n) is 2.43. The summed E-state index contributed by atoms with van der Waals surface area (Å²) >= 11 is 0. The van der Waals surface area contributed by atoms with Crippen molar-refractivity contribution in [1.82, 2.24) is 10.2 Å². The number of rotatable bonds is 7. The van der Waals surface area contributed by atoms with E-state index in [0.29, 0.717) is 13.2 Å². The van der Waals surface area contributed by atoms with Crippen LogP contribution < -0.4 is 5.32 Å². The zero-order valence-electron chi connectivity index (χ0n) is 12.3. The largest absolute Gasteiger partial charge is 0.385 e. The van der Waals surface area contributed by atoms with E-state index in [-0.39, 0.29) is 23.7 Å². The van der Waals surface area contributed by atoms with Crippen molar-refractivity contribution >= 4 is 11.7 Å².